The summed E-state index contributed by atoms with van der Waals surface area (Å²) in [6.45, 7) is 1.92. The van der Waals surface area contributed by atoms with Gasteiger partial charge in [-0.05, 0) is 30.7 Å². The molecule has 1 heterocycles. The Kier molecular flexibility index (Phi) is 4.02. The molecule has 0 unspecified atom stereocenters. The molecule has 0 aliphatic rings. The lowest BCUT2D eigenvalue weighted by molar-refractivity contribution is 0.0958. The summed E-state index contributed by atoms with van der Waals surface area (Å²) in [6, 6.07) is 8.68. The number of pyridine rings is 1. The van der Waals surface area contributed by atoms with Gasteiger partial charge in [0.15, 0.2) is 0 Å². The molecule has 0 aliphatic carbocycles. The Bertz CT molecular complexity index is 614. The number of carbonyl (C=O) groups excluding carboxylic acids is 1. The van der Waals surface area contributed by atoms with Crippen molar-refractivity contribution in [3.8, 4) is 11.5 Å². The van der Waals surface area contributed by atoms with E-state index in [1.165, 1.54) is 6.20 Å². The van der Waals surface area contributed by atoms with Crippen LogP contribution in [0.25, 0.3) is 0 Å². The average molecular weight is 277 g/mol. The van der Waals surface area contributed by atoms with Crippen LogP contribution in [0.5, 0.6) is 11.5 Å². The van der Waals surface area contributed by atoms with Gasteiger partial charge in [0, 0.05) is 24.3 Å². The topological polar surface area (TPSA) is 51.2 Å². The van der Waals surface area contributed by atoms with Crippen molar-refractivity contribution < 1.29 is 9.53 Å². The molecule has 0 bridgehead atoms. The average Bonchev–Trinajstić information content (AvgIpc) is 2.42. The Morgan fingerprint density at radius 1 is 1.26 bits per heavy atom. The molecule has 19 heavy (non-hydrogen) atoms. The molecule has 2 rings (SSSR count). The SMILES string of the molecule is CNC(=O)c1cc(Oc2ccc(C)c(Cl)c2)ccn1. The smallest absolute Gasteiger partial charge is 0.269 e. The number of halogens is 1. The maximum atomic E-state index is 11.5. The van der Waals surface area contributed by atoms with Crippen LogP contribution in [0.1, 0.15) is 16.1 Å². The lowest BCUT2D eigenvalue weighted by Gasteiger charge is -2.08. The van der Waals surface area contributed by atoms with Gasteiger partial charge in [-0.15, -0.1) is 0 Å². The number of rotatable bonds is 3. The monoisotopic (exact) mass is 276 g/mol. The van der Waals surface area contributed by atoms with E-state index in [1.54, 1.807) is 25.2 Å². The summed E-state index contributed by atoms with van der Waals surface area (Å²) in [7, 11) is 1.55. The van der Waals surface area contributed by atoms with E-state index in [0.717, 1.165) is 5.56 Å². The van der Waals surface area contributed by atoms with Crippen LogP contribution in [0.2, 0.25) is 5.02 Å². The zero-order valence-electron chi connectivity index (χ0n) is 10.6. The molecule has 0 saturated carbocycles. The van der Waals surface area contributed by atoms with Crippen molar-refractivity contribution in [2.24, 2.45) is 0 Å². The third-order valence-electron chi connectivity index (χ3n) is 2.57. The third kappa shape index (κ3) is 3.23. The van der Waals surface area contributed by atoms with Crippen molar-refractivity contribution in [1.29, 1.82) is 0 Å². The normalized spacial score (nSPS) is 10.1. The lowest BCUT2D eigenvalue weighted by atomic mass is 10.2. The summed E-state index contributed by atoms with van der Waals surface area (Å²) in [4.78, 5) is 15.4. The molecule has 0 spiro atoms. The lowest BCUT2D eigenvalue weighted by Crippen LogP contribution is -2.18. The van der Waals surface area contributed by atoms with E-state index in [9.17, 15) is 4.79 Å². The number of benzene rings is 1. The Balaban J connectivity index is 2.23. The van der Waals surface area contributed by atoms with Gasteiger partial charge in [0.2, 0.25) is 0 Å². The second-order valence-electron chi connectivity index (χ2n) is 3.97. The molecule has 0 radical (unpaired) electrons. The van der Waals surface area contributed by atoms with Gasteiger partial charge in [-0.1, -0.05) is 17.7 Å². The van der Waals surface area contributed by atoms with Gasteiger partial charge in [0.25, 0.3) is 5.91 Å². The van der Waals surface area contributed by atoms with E-state index in [4.69, 9.17) is 16.3 Å². The van der Waals surface area contributed by atoms with Gasteiger partial charge in [-0.25, -0.2) is 0 Å². The van der Waals surface area contributed by atoms with Crippen LogP contribution < -0.4 is 10.1 Å². The van der Waals surface area contributed by atoms with Crippen LogP contribution in [0.15, 0.2) is 36.5 Å². The summed E-state index contributed by atoms with van der Waals surface area (Å²) in [5.41, 5.74) is 1.29. The van der Waals surface area contributed by atoms with E-state index in [0.29, 0.717) is 22.2 Å². The summed E-state index contributed by atoms with van der Waals surface area (Å²) >= 11 is 6.03. The highest BCUT2D eigenvalue weighted by Crippen LogP contribution is 2.26. The van der Waals surface area contributed by atoms with Crippen molar-refractivity contribution in [3.63, 3.8) is 0 Å². The first kappa shape index (κ1) is 13.4. The minimum absolute atomic E-state index is 0.257. The summed E-state index contributed by atoms with van der Waals surface area (Å²) in [5, 5.41) is 3.15. The number of aryl methyl sites for hydroxylation is 1. The fourth-order valence-electron chi connectivity index (χ4n) is 1.50. The van der Waals surface area contributed by atoms with Crippen molar-refractivity contribution in [2.75, 3.05) is 7.05 Å². The van der Waals surface area contributed by atoms with Gasteiger partial charge in [0.1, 0.15) is 17.2 Å². The van der Waals surface area contributed by atoms with Gasteiger partial charge in [-0.2, -0.15) is 0 Å². The fourth-order valence-corrected chi connectivity index (χ4v) is 1.67. The van der Waals surface area contributed by atoms with E-state index in [1.807, 2.05) is 19.1 Å². The minimum atomic E-state index is -0.257. The molecule has 0 fully saturated rings. The number of hydrogen-bond donors (Lipinski definition) is 1. The van der Waals surface area contributed by atoms with Gasteiger partial charge < -0.3 is 10.1 Å². The zero-order chi connectivity index (χ0) is 13.8. The molecule has 0 saturated heterocycles. The van der Waals surface area contributed by atoms with Crippen LogP contribution in [-0.4, -0.2) is 17.9 Å². The molecule has 0 aliphatic heterocycles. The van der Waals surface area contributed by atoms with Crippen LogP contribution in [0, 0.1) is 6.92 Å². The number of amides is 1. The van der Waals surface area contributed by atoms with Crippen LogP contribution in [0.3, 0.4) is 0 Å². The van der Waals surface area contributed by atoms with Gasteiger partial charge in [0.05, 0.1) is 0 Å². The van der Waals surface area contributed by atoms with Crippen LogP contribution in [0.4, 0.5) is 0 Å². The maximum absolute atomic E-state index is 11.5. The van der Waals surface area contributed by atoms with Crippen molar-refractivity contribution >= 4 is 17.5 Å². The molecular weight excluding hydrogens is 264 g/mol. The predicted octanol–water partition coefficient (Wildman–Crippen LogP) is 3.20. The number of nitrogens with zero attached hydrogens (tertiary/aromatic N) is 1. The van der Waals surface area contributed by atoms with E-state index >= 15 is 0 Å². The first-order chi connectivity index (χ1) is 9.10. The van der Waals surface area contributed by atoms with Crippen molar-refractivity contribution in [2.45, 2.75) is 6.92 Å². The predicted molar refractivity (Wildman–Crippen MR) is 73.9 cm³/mol. The quantitative estimate of drug-likeness (QED) is 0.937. The molecule has 5 heteroatoms. The fraction of sp³-hybridized carbons (Fsp3) is 0.143. The second kappa shape index (κ2) is 5.71. The third-order valence-corrected chi connectivity index (χ3v) is 2.98. The van der Waals surface area contributed by atoms with Gasteiger partial charge >= 0.3 is 0 Å². The Morgan fingerprint density at radius 3 is 2.68 bits per heavy atom. The molecule has 98 valence electrons. The van der Waals surface area contributed by atoms with Crippen molar-refractivity contribution in [3.05, 3.63) is 52.8 Å². The maximum Gasteiger partial charge on any atom is 0.269 e. The largest absolute Gasteiger partial charge is 0.457 e. The molecule has 1 aromatic carbocycles. The highest BCUT2D eigenvalue weighted by Gasteiger charge is 2.07. The first-order valence-electron chi connectivity index (χ1n) is 5.72. The Hall–Kier alpha value is -2.07. The number of ether oxygens (including phenoxy) is 1. The first-order valence-corrected chi connectivity index (χ1v) is 6.10. The molecule has 1 amide bonds. The molecular formula is C14H13ClN2O2. The van der Waals surface area contributed by atoms with E-state index in [2.05, 4.69) is 10.3 Å². The highest BCUT2D eigenvalue weighted by molar-refractivity contribution is 6.31. The van der Waals surface area contributed by atoms with E-state index < -0.39 is 0 Å². The van der Waals surface area contributed by atoms with Crippen LogP contribution in [-0.2, 0) is 0 Å². The zero-order valence-corrected chi connectivity index (χ0v) is 11.4. The summed E-state index contributed by atoms with van der Waals surface area (Å²) < 4.78 is 5.65. The molecule has 1 aromatic heterocycles. The Morgan fingerprint density at radius 2 is 2.00 bits per heavy atom. The van der Waals surface area contributed by atoms with Gasteiger partial charge in [-0.3, -0.25) is 9.78 Å². The number of nitrogens with one attached hydrogen (secondary N) is 1. The number of hydrogen-bond acceptors (Lipinski definition) is 3. The Labute approximate surface area is 116 Å². The standard InChI is InChI=1S/C14H13ClN2O2/c1-9-3-4-10(7-12(9)15)19-11-5-6-17-13(8-11)14(18)16-2/h3-8H,1-2H3,(H,16,18). The molecule has 4 nitrogen and oxygen atoms in total. The number of carbonyl (C=O) groups is 1. The minimum Gasteiger partial charge on any atom is -0.457 e. The second-order valence-corrected chi connectivity index (χ2v) is 4.38. The molecule has 0 atom stereocenters. The summed E-state index contributed by atoms with van der Waals surface area (Å²) in [5.74, 6) is 0.894. The van der Waals surface area contributed by atoms with Crippen LogP contribution >= 0.6 is 11.6 Å². The molecule has 2 aromatic rings. The molecule has 1 N–H and O–H groups in total. The van der Waals surface area contributed by atoms with Crippen molar-refractivity contribution in [1.82, 2.24) is 10.3 Å². The number of aromatic nitrogens is 1. The van der Waals surface area contributed by atoms with E-state index in [-0.39, 0.29) is 5.91 Å². The summed E-state index contributed by atoms with van der Waals surface area (Å²) in [6.07, 6.45) is 1.52. The highest BCUT2D eigenvalue weighted by atomic mass is 35.5.